The fraction of sp³-hybridized carbons (Fsp3) is 0. The molecule has 45 heavy (non-hydrogen) atoms. The average molecular weight is 670 g/mol. The molecule has 0 unspecified atom stereocenters. The van der Waals surface area contributed by atoms with Crippen LogP contribution in [-0.4, -0.2) is 31.4 Å². The summed E-state index contributed by atoms with van der Waals surface area (Å²) in [4.78, 5) is 17.4. The maximum absolute atomic E-state index is 7.98. The SMILES string of the molecule is N=C1C(=N)c2ccccc2-c2ccccc21.[Rh].c1cnc2c(c1)ccc1cccnc12.c1cnc2c(c1)ccc1cccnc12. The fourth-order valence-corrected chi connectivity index (χ4v) is 5.50. The molecule has 4 aromatic heterocycles. The van der Waals surface area contributed by atoms with Crippen molar-refractivity contribution in [3.63, 3.8) is 0 Å². The fourth-order valence-electron chi connectivity index (χ4n) is 5.50. The van der Waals surface area contributed by atoms with Crippen LogP contribution in [0.2, 0.25) is 0 Å². The van der Waals surface area contributed by atoms with Crippen LogP contribution in [0.4, 0.5) is 0 Å². The number of nitrogens with one attached hydrogen (secondary N) is 2. The van der Waals surface area contributed by atoms with Gasteiger partial charge in [-0.15, -0.1) is 0 Å². The van der Waals surface area contributed by atoms with Gasteiger partial charge in [0.1, 0.15) is 0 Å². The smallest absolute Gasteiger partial charge is 0.0964 e. The zero-order chi connectivity index (χ0) is 29.9. The third-order valence-corrected chi connectivity index (χ3v) is 7.62. The van der Waals surface area contributed by atoms with Crippen LogP contribution in [0.1, 0.15) is 11.1 Å². The molecule has 9 rings (SSSR count). The number of hydrogen-bond acceptors (Lipinski definition) is 6. The van der Waals surface area contributed by atoms with Crippen molar-refractivity contribution in [3.05, 3.63) is 157 Å². The molecule has 4 heterocycles. The minimum atomic E-state index is 0. The first-order chi connectivity index (χ1) is 21.7. The predicted octanol–water partition coefficient (Wildman–Crippen LogP) is 8.67. The largest absolute Gasteiger partial charge is 0.298 e. The topological polar surface area (TPSA) is 99.3 Å². The molecular weight excluding hydrogens is 643 g/mol. The van der Waals surface area contributed by atoms with E-state index in [1.807, 2.05) is 72.8 Å². The van der Waals surface area contributed by atoms with Crippen LogP contribution in [-0.2, 0) is 19.5 Å². The monoisotopic (exact) mass is 669 g/mol. The van der Waals surface area contributed by atoms with E-state index in [0.29, 0.717) is 11.4 Å². The number of pyridine rings is 4. The third kappa shape index (κ3) is 5.74. The van der Waals surface area contributed by atoms with E-state index in [4.69, 9.17) is 10.8 Å². The molecule has 0 fully saturated rings. The maximum atomic E-state index is 7.98. The first-order valence-electron chi connectivity index (χ1n) is 14.2. The van der Waals surface area contributed by atoms with E-state index < -0.39 is 0 Å². The van der Waals surface area contributed by atoms with Crippen LogP contribution < -0.4 is 0 Å². The van der Waals surface area contributed by atoms with Gasteiger partial charge in [0.05, 0.1) is 33.5 Å². The van der Waals surface area contributed by atoms with E-state index in [2.05, 4.69) is 68.5 Å². The molecule has 1 aliphatic carbocycles. The van der Waals surface area contributed by atoms with Gasteiger partial charge in [-0.25, -0.2) is 0 Å². The van der Waals surface area contributed by atoms with Gasteiger partial charge in [0.2, 0.25) is 0 Å². The average Bonchev–Trinajstić information content (AvgIpc) is 3.11. The molecule has 0 aliphatic heterocycles. The number of hydrogen-bond donors (Lipinski definition) is 2. The van der Waals surface area contributed by atoms with E-state index in [-0.39, 0.29) is 19.5 Å². The second kappa shape index (κ2) is 13.0. The Kier molecular flexibility index (Phi) is 8.54. The summed E-state index contributed by atoms with van der Waals surface area (Å²) in [5.41, 5.74) is 8.35. The second-order valence-electron chi connectivity index (χ2n) is 10.3. The van der Waals surface area contributed by atoms with Gasteiger partial charge in [-0.3, -0.25) is 30.8 Å². The molecule has 0 bridgehead atoms. The zero-order valence-corrected chi connectivity index (χ0v) is 25.6. The summed E-state index contributed by atoms with van der Waals surface area (Å²) < 4.78 is 0. The molecule has 7 heteroatoms. The molecule has 4 aromatic carbocycles. The van der Waals surface area contributed by atoms with Crippen molar-refractivity contribution in [1.82, 2.24) is 19.9 Å². The molecule has 2 N–H and O–H groups in total. The summed E-state index contributed by atoms with van der Waals surface area (Å²) in [7, 11) is 0. The molecule has 0 saturated carbocycles. The molecule has 1 aliphatic rings. The van der Waals surface area contributed by atoms with Crippen molar-refractivity contribution in [2.75, 3.05) is 0 Å². The van der Waals surface area contributed by atoms with E-state index in [0.717, 1.165) is 65.9 Å². The van der Waals surface area contributed by atoms with Gasteiger partial charge in [0.15, 0.2) is 0 Å². The van der Waals surface area contributed by atoms with Gasteiger partial charge in [0, 0.05) is 76.9 Å². The van der Waals surface area contributed by atoms with E-state index in [1.165, 1.54) is 0 Å². The molecule has 0 amide bonds. The first-order valence-corrected chi connectivity index (χ1v) is 14.2. The predicted molar refractivity (Wildman–Crippen MR) is 180 cm³/mol. The zero-order valence-electron chi connectivity index (χ0n) is 24.0. The molecule has 0 spiro atoms. The number of fused-ring (bicyclic) bond motifs is 9. The molecule has 1 radical (unpaired) electrons. The van der Waals surface area contributed by atoms with Gasteiger partial charge in [-0.2, -0.15) is 0 Å². The van der Waals surface area contributed by atoms with Gasteiger partial charge in [-0.1, -0.05) is 97.1 Å². The van der Waals surface area contributed by atoms with Gasteiger partial charge in [0.25, 0.3) is 0 Å². The Bertz CT molecular complexity index is 2070. The molecule has 0 saturated heterocycles. The summed E-state index contributed by atoms with van der Waals surface area (Å²) in [6.45, 7) is 0. The Hall–Kier alpha value is -5.52. The van der Waals surface area contributed by atoms with Crippen LogP contribution in [0.5, 0.6) is 0 Å². The van der Waals surface area contributed by atoms with Crippen LogP contribution in [0.25, 0.3) is 54.7 Å². The second-order valence-corrected chi connectivity index (χ2v) is 10.3. The minimum absolute atomic E-state index is 0. The molecule has 8 aromatic rings. The molecule has 6 nitrogen and oxygen atoms in total. The van der Waals surface area contributed by atoms with Gasteiger partial charge in [-0.05, 0) is 35.4 Å². The summed E-state index contributed by atoms with van der Waals surface area (Å²) in [6.07, 6.45) is 7.21. The molecule has 217 valence electrons. The van der Waals surface area contributed by atoms with Crippen LogP contribution in [0.3, 0.4) is 0 Å². The molecular formula is C38H26N6Rh. The Labute approximate surface area is 272 Å². The van der Waals surface area contributed by atoms with Crippen LogP contribution >= 0.6 is 0 Å². The van der Waals surface area contributed by atoms with Crippen LogP contribution in [0.15, 0.2) is 146 Å². The number of rotatable bonds is 0. The van der Waals surface area contributed by atoms with Crippen LogP contribution in [0, 0.1) is 10.8 Å². The van der Waals surface area contributed by atoms with Crippen molar-refractivity contribution >= 4 is 55.0 Å². The van der Waals surface area contributed by atoms with Gasteiger partial charge < -0.3 is 0 Å². The minimum Gasteiger partial charge on any atom is -0.298 e. The summed E-state index contributed by atoms with van der Waals surface area (Å²) >= 11 is 0. The maximum Gasteiger partial charge on any atom is 0.0964 e. The van der Waals surface area contributed by atoms with Crippen molar-refractivity contribution in [1.29, 1.82) is 10.8 Å². The summed E-state index contributed by atoms with van der Waals surface area (Å²) in [5.74, 6) is 0. The summed E-state index contributed by atoms with van der Waals surface area (Å²) in [5, 5.41) is 20.5. The number of benzene rings is 4. The van der Waals surface area contributed by atoms with E-state index in [9.17, 15) is 0 Å². The van der Waals surface area contributed by atoms with E-state index in [1.54, 1.807) is 24.8 Å². The van der Waals surface area contributed by atoms with Crippen molar-refractivity contribution in [3.8, 4) is 11.1 Å². The number of aromatic nitrogens is 4. The Morgan fingerprint density at radius 2 is 0.578 bits per heavy atom. The van der Waals surface area contributed by atoms with E-state index >= 15 is 0 Å². The summed E-state index contributed by atoms with van der Waals surface area (Å²) in [6, 6.07) is 39.9. The first kappa shape index (κ1) is 29.6. The van der Waals surface area contributed by atoms with Gasteiger partial charge >= 0.3 is 0 Å². The van der Waals surface area contributed by atoms with Crippen molar-refractivity contribution < 1.29 is 19.5 Å². The third-order valence-electron chi connectivity index (χ3n) is 7.62. The van der Waals surface area contributed by atoms with Crippen molar-refractivity contribution in [2.24, 2.45) is 0 Å². The number of nitrogens with zero attached hydrogens (tertiary/aromatic N) is 4. The molecule has 0 atom stereocenters. The normalized spacial score (nSPS) is 11.5. The Balaban J connectivity index is 0.000000118. The quantitative estimate of drug-likeness (QED) is 0.125. The standard InChI is InChI=1S/C14H10N2.2C12H8N2.Rh/c15-13-11-7-3-1-5-9(11)10-6-2-4-8-12(10)14(13)16;2*1-3-9-5-6-10-4-2-8-14-12(10)11(9)13-7-1;/h1-8,15-16H;2*1-8H;. The Morgan fingerprint density at radius 1 is 0.311 bits per heavy atom. The Morgan fingerprint density at radius 3 is 0.867 bits per heavy atom. The van der Waals surface area contributed by atoms with Crippen molar-refractivity contribution in [2.45, 2.75) is 0 Å².